The Balaban J connectivity index is 1.65. The molecule has 3 aromatic rings. The molecule has 0 aromatic heterocycles. The van der Waals surface area contributed by atoms with Gasteiger partial charge < -0.3 is 5.32 Å². The van der Waals surface area contributed by atoms with Gasteiger partial charge >= 0.3 is 0 Å². The molecule has 5 nitrogen and oxygen atoms in total. The molecule has 0 saturated carbocycles. The summed E-state index contributed by atoms with van der Waals surface area (Å²) in [5.74, 6) is -0.947. The average Bonchev–Trinajstić information content (AvgIpc) is 2.77. The molecule has 160 valence electrons. The van der Waals surface area contributed by atoms with Crippen LogP contribution in [0.3, 0.4) is 0 Å². The van der Waals surface area contributed by atoms with Crippen molar-refractivity contribution in [3.63, 3.8) is 0 Å². The van der Waals surface area contributed by atoms with Crippen molar-refractivity contribution in [3.8, 4) is 0 Å². The van der Waals surface area contributed by atoms with Crippen molar-refractivity contribution in [2.45, 2.75) is 30.4 Å². The van der Waals surface area contributed by atoms with Crippen molar-refractivity contribution in [1.29, 1.82) is 0 Å². The van der Waals surface area contributed by atoms with E-state index in [9.17, 15) is 17.6 Å². The Morgan fingerprint density at radius 1 is 1.00 bits per heavy atom. The third-order valence-electron chi connectivity index (χ3n) is 5.34. The summed E-state index contributed by atoms with van der Waals surface area (Å²) in [5, 5.41) is 3.33. The van der Waals surface area contributed by atoms with E-state index < -0.39 is 27.8 Å². The molecule has 1 amide bonds. The van der Waals surface area contributed by atoms with Crippen LogP contribution in [0.5, 0.6) is 0 Å². The lowest BCUT2D eigenvalue weighted by molar-refractivity contribution is -0.125. The monoisotopic (exact) mass is 458 g/mol. The van der Waals surface area contributed by atoms with Crippen LogP contribution in [0.25, 0.3) is 0 Å². The Hall–Kier alpha value is -2.74. The zero-order valence-corrected chi connectivity index (χ0v) is 18.0. The van der Waals surface area contributed by atoms with Gasteiger partial charge in [0.2, 0.25) is 15.9 Å². The van der Waals surface area contributed by atoms with Gasteiger partial charge in [-0.15, -0.1) is 0 Å². The van der Waals surface area contributed by atoms with Crippen molar-refractivity contribution in [1.82, 2.24) is 9.62 Å². The first kappa shape index (κ1) is 21.5. The number of rotatable bonds is 5. The molecule has 1 N–H and O–H groups in total. The number of halogens is 2. The number of carbonyl (C=O) groups is 1. The zero-order valence-electron chi connectivity index (χ0n) is 16.5. The minimum absolute atomic E-state index is 0.0556. The molecule has 0 bridgehead atoms. The first-order valence-electron chi connectivity index (χ1n) is 9.71. The van der Waals surface area contributed by atoms with E-state index in [-0.39, 0.29) is 24.4 Å². The maximum Gasteiger partial charge on any atom is 0.244 e. The highest BCUT2D eigenvalue weighted by Crippen LogP contribution is 2.29. The van der Waals surface area contributed by atoms with Gasteiger partial charge in [0.15, 0.2) is 0 Å². The number of amides is 1. The van der Waals surface area contributed by atoms with Crippen molar-refractivity contribution >= 4 is 27.5 Å². The number of fused-ring (bicyclic) bond motifs is 1. The highest BCUT2D eigenvalue weighted by Gasteiger charge is 2.39. The second-order valence-corrected chi connectivity index (χ2v) is 9.60. The normalized spacial score (nSPS) is 16.5. The first-order valence-corrected chi connectivity index (χ1v) is 11.5. The molecule has 1 heterocycles. The van der Waals surface area contributed by atoms with Crippen LogP contribution in [0, 0.1) is 5.82 Å². The number of hydrogen-bond donors (Lipinski definition) is 1. The Kier molecular flexibility index (Phi) is 6.09. The molecule has 0 fully saturated rings. The molecule has 4 rings (SSSR count). The van der Waals surface area contributed by atoms with Crippen molar-refractivity contribution < 1.29 is 17.6 Å². The van der Waals surface area contributed by atoms with Gasteiger partial charge in [0, 0.05) is 18.1 Å². The summed E-state index contributed by atoms with van der Waals surface area (Å²) in [7, 11) is -4.03. The molecule has 0 saturated heterocycles. The van der Waals surface area contributed by atoms with Gasteiger partial charge in [0.1, 0.15) is 11.9 Å². The Morgan fingerprint density at radius 3 is 2.35 bits per heavy atom. The van der Waals surface area contributed by atoms with Crippen LogP contribution < -0.4 is 5.32 Å². The maximum absolute atomic E-state index is 13.4. The molecule has 31 heavy (non-hydrogen) atoms. The zero-order chi connectivity index (χ0) is 22.0. The van der Waals surface area contributed by atoms with Crippen molar-refractivity contribution in [3.05, 3.63) is 100 Å². The second-order valence-electron chi connectivity index (χ2n) is 7.30. The molecule has 1 unspecified atom stereocenters. The quantitative estimate of drug-likeness (QED) is 0.630. The van der Waals surface area contributed by atoms with E-state index in [1.807, 2.05) is 30.3 Å². The summed E-state index contributed by atoms with van der Waals surface area (Å²) in [6.45, 7) is 0.237. The standard InChI is InChI=1S/C23H20ClFN2O3S/c24-21-8-4-3-6-17(21)14-26-23(28)22-13-16-5-1-2-7-18(16)15-27(22)31(29,30)20-11-9-19(25)10-12-20/h1-12,22H,13-15H2,(H,26,28). The van der Waals surface area contributed by atoms with E-state index in [1.165, 1.54) is 16.4 Å². The number of nitrogens with zero attached hydrogens (tertiary/aromatic N) is 1. The molecule has 8 heteroatoms. The van der Waals surface area contributed by atoms with Gasteiger partial charge in [0.05, 0.1) is 4.90 Å². The summed E-state index contributed by atoms with van der Waals surface area (Å²) >= 11 is 6.17. The Labute approximate surface area is 185 Å². The Morgan fingerprint density at radius 2 is 1.65 bits per heavy atom. The lowest BCUT2D eigenvalue weighted by Crippen LogP contribution is -2.52. The van der Waals surface area contributed by atoms with Crippen LogP contribution >= 0.6 is 11.6 Å². The third kappa shape index (κ3) is 4.49. The number of hydrogen-bond acceptors (Lipinski definition) is 3. The van der Waals surface area contributed by atoms with Crippen LogP contribution in [-0.2, 0) is 34.3 Å². The van der Waals surface area contributed by atoms with Gasteiger partial charge in [-0.25, -0.2) is 12.8 Å². The third-order valence-corrected chi connectivity index (χ3v) is 7.58. The largest absolute Gasteiger partial charge is 0.351 e. The minimum atomic E-state index is -4.03. The molecular weight excluding hydrogens is 439 g/mol. The molecule has 1 aliphatic rings. The molecule has 0 radical (unpaired) electrons. The number of nitrogens with one attached hydrogen (secondary N) is 1. The smallest absolute Gasteiger partial charge is 0.244 e. The van der Waals surface area contributed by atoms with Crippen LogP contribution in [0.1, 0.15) is 16.7 Å². The fourth-order valence-electron chi connectivity index (χ4n) is 3.66. The van der Waals surface area contributed by atoms with Gasteiger partial charge in [0.25, 0.3) is 0 Å². The fraction of sp³-hybridized carbons (Fsp3) is 0.174. The summed E-state index contributed by atoms with van der Waals surface area (Å²) in [4.78, 5) is 13.1. The summed E-state index contributed by atoms with van der Waals surface area (Å²) < 4.78 is 41.2. The van der Waals surface area contributed by atoms with Crippen molar-refractivity contribution in [2.24, 2.45) is 0 Å². The van der Waals surface area contributed by atoms with Crippen LogP contribution in [-0.4, -0.2) is 24.7 Å². The summed E-state index contributed by atoms with van der Waals surface area (Å²) in [6.07, 6.45) is 0.241. The predicted octanol–water partition coefficient (Wildman–Crippen LogP) is 3.91. The lowest BCUT2D eigenvalue weighted by atomic mass is 9.95. The van der Waals surface area contributed by atoms with E-state index in [0.29, 0.717) is 5.02 Å². The highest BCUT2D eigenvalue weighted by molar-refractivity contribution is 7.89. The fourth-order valence-corrected chi connectivity index (χ4v) is 5.43. The van der Waals surface area contributed by atoms with E-state index in [0.717, 1.165) is 28.8 Å². The highest BCUT2D eigenvalue weighted by atomic mass is 35.5. The van der Waals surface area contributed by atoms with Crippen molar-refractivity contribution in [2.75, 3.05) is 0 Å². The van der Waals surface area contributed by atoms with E-state index >= 15 is 0 Å². The van der Waals surface area contributed by atoms with E-state index in [4.69, 9.17) is 11.6 Å². The van der Waals surface area contributed by atoms with Crippen LogP contribution in [0.2, 0.25) is 5.02 Å². The van der Waals surface area contributed by atoms with Gasteiger partial charge in [-0.05, 0) is 53.4 Å². The van der Waals surface area contributed by atoms with Crippen LogP contribution in [0.4, 0.5) is 4.39 Å². The SMILES string of the molecule is O=C(NCc1ccccc1Cl)C1Cc2ccccc2CN1S(=O)(=O)c1ccc(F)cc1. The predicted molar refractivity (Wildman–Crippen MR) is 116 cm³/mol. The van der Waals surface area contributed by atoms with E-state index in [2.05, 4.69) is 5.32 Å². The number of carbonyl (C=O) groups excluding carboxylic acids is 1. The second kappa shape index (κ2) is 8.78. The maximum atomic E-state index is 13.4. The van der Waals surface area contributed by atoms with Crippen LogP contribution in [0.15, 0.2) is 77.7 Å². The molecule has 1 aliphatic heterocycles. The number of benzene rings is 3. The van der Waals surface area contributed by atoms with Gasteiger partial charge in [-0.3, -0.25) is 4.79 Å². The summed E-state index contributed by atoms with van der Waals surface area (Å²) in [6, 6.07) is 18.2. The Bertz CT molecular complexity index is 1220. The van der Waals surface area contributed by atoms with Gasteiger partial charge in [-0.2, -0.15) is 4.31 Å². The molecule has 3 aromatic carbocycles. The minimum Gasteiger partial charge on any atom is -0.351 e. The molecule has 1 atom stereocenters. The topological polar surface area (TPSA) is 66.5 Å². The molecule has 0 spiro atoms. The molecule has 0 aliphatic carbocycles. The molecular formula is C23H20ClFN2O3S. The summed E-state index contributed by atoms with van der Waals surface area (Å²) in [5.41, 5.74) is 2.50. The lowest BCUT2D eigenvalue weighted by Gasteiger charge is -2.35. The number of sulfonamides is 1. The average molecular weight is 459 g/mol. The van der Waals surface area contributed by atoms with Gasteiger partial charge in [-0.1, -0.05) is 54.1 Å². The van der Waals surface area contributed by atoms with E-state index in [1.54, 1.807) is 18.2 Å². The first-order chi connectivity index (χ1) is 14.9.